The quantitative estimate of drug-likeness (QED) is 0.776. The lowest BCUT2D eigenvalue weighted by molar-refractivity contribution is 0.0698. The summed E-state index contributed by atoms with van der Waals surface area (Å²) in [5.74, 6) is 1.13. The van der Waals surface area contributed by atoms with Crippen LogP contribution in [0.1, 0.15) is 36.0 Å². The number of amides is 1. The number of likely N-dealkylation sites (tertiary alicyclic amines) is 1. The van der Waals surface area contributed by atoms with Gasteiger partial charge in [-0.15, -0.1) is 0 Å². The van der Waals surface area contributed by atoms with Gasteiger partial charge in [0.1, 0.15) is 0 Å². The number of nitrogens with zero attached hydrogens (tertiary/aromatic N) is 1. The lowest BCUT2D eigenvalue weighted by Gasteiger charge is -2.29. The van der Waals surface area contributed by atoms with Gasteiger partial charge < -0.3 is 14.4 Å². The Balaban J connectivity index is 2.33. The largest absolute Gasteiger partial charge is 0.493 e. The van der Waals surface area contributed by atoms with E-state index in [2.05, 4.69) is 15.9 Å². The number of carbonyl (C=O) groups excluding carboxylic acids is 1. The maximum atomic E-state index is 12.9. The molecule has 0 N–H and O–H groups in total. The Morgan fingerprint density at radius 1 is 1.29 bits per heavy atom. The van der Waals surface area contributed by atoms with Gasteiger partial charge in [-0.05, 0) is 25.0 Å². The van der Waals surface area contributed by atoms with Gasteiger partial charge in [-0.25, -0.2) is 0 Å². The number of methoxy groups -OCH3 is 2. The fourth-order valence-electron chi connectivity index (χ4n) is 2.82. The second kappa shape index (κ2) is 7.69. The van der Waals surface area contributed by atoms with Gasteiger partial charge in [-0.1, -0.05) is 34.8 Å². The normalized spacial score (nSPS) is 19.0. The molecule has 1 unspecified atom stereocenters. The van der Waals surface area contributed by atoms with E-state index in [1.165, 1.54) is 12.8 Å². The molecule has 0 saturated carbocycles. The van der Waals surface area contributed by atoms with E-state index in [0.29, 0.717) is 17.1 Å². The smallest absolute Gasteiger partial charge is 0.258 e. The number of halogens is 1. The molecule has 0 aliphatic carbocycles. The van der Waals surface area contributed by atoms with Crippen LogP contribution < -0.4 is 9.47 Å². The number of hydrogen-bond acceptors (Lipinski definition) is 3. The zero-order chi connectivity index (χ0) is 15.2. The lowest BCUT2D eigenvalue weighted by atomic mass is 10.1. The molecule has 0 radical (unpaired) electrons. The van der Waals surface area contributed by atoms with Gasteiger partial charge in [-0.2, -0.15) is 0 Å². The number of alkyl halides is 1. The molecule has 1 aromatic rings. The maximum absolute atomic E-state index is 12.9. The van der Waals surface area contributed by atoms with Gasteiger partial charge >= 0.3 is 0 Å². The van der Waals surface area contributed by atoms with Gasteiger partial charge in [0.05, 0.1) is 19.8 Å². The summed E-state index contributed by atoms with van der Waals surface area (Å²) < 4.78 is 10.7. The van der Waals surface area contributed by atoms with Crippen LogP contribution in [0.3, 0.4) is 0 Å². The van der Waals surface area contributed by atoms with Crippen molar-refractivity contribution in [2.75, 3.05) is 26.1 Å². The van der Waals surface area contributed by atoms with Gasteiger partial charge in [0.15, 0.2) is 11.5 Å². The van der Waals surface area contributed by atoms with Crippen molar-refractivity contribution in [2.45, 2.75) is 31.7 Å². The molecule has 0 aromatic heterocycles. The summed E-state index contributed by atoms with van der Waals surface area (Å²) in [6.07, 6.45) is 4.46. The molecular weight excluding hydrogens is 334 g/mol. The number of ether oxygens (including phenoxy) is 2. The van der Waals surface area contributed by atoms with E-state index < -0.39 is 0 Å². The minimum atomic E-state index is 0.0251. The van der Waals surface area contributed by atoms with Crippen LogP contribution in [0.15, 0.2) is 18.2 Å². The summed E-state index contributed by atoms with van der Waals surface area (Å²) in [6.45, 7) is 0.801. The third kappa shape index (κ3) is 3.51. The number of para-hydroxylation sites is 1. The molecule has 1 heterocycles. The summed E-state index contributed by atoms with van der Waals surface area (Å²) in [7, 11) is 3.15. The summed E-state index contributed by atoms with van der Waals surface area (Å²) in [4.78, 5) is 14.9. The predicted molar refractivity (Wildman–Crippen MR) is 86.6 cm³/mol. The Morgan fingerprint density at radius 3 is 2.76 bits per heavy atom. The first-order valence-corrected chi connectivity index (χ1v) is 8.43. The van der Waals surface area contributed by atoms with Crippen LogP contribution in [0.5, 0.6) is 11.5 Å². The van der Waals surface area contributed by atoms with Gasteiger partial charge in [0.2, 0.25) is 0 Å². The molecule has 2 rings (SSSR count). The van der Waals surface area contributed by atoms with Crippen LogP contribution >= 0.6 is 15.9 Å². The highest BCUT2D eigenvalue weighted by Crippen LogP contribution is 2.32. The Labute approximate surface area is 134 Å². The first-order chi connectivity index (χ1) is 10.2. The van der Waals surface area contributed by atoms with Crippen molar-refractivity contribution < 1.29 is 14.3 Å². The van der Waals surface area contributed by atoms with Crippen molar-refractivity contribution in [3.63, 3.8) is 0 Å². The molecule has 4 nitrogen and oxygen atoms in total. The summed E-state index contributed by atoms with van der Waals surface area (Å²) in [5.41, 5.74) is 0.574. The summed E-state index contributed by atoms with van der Waals surface area (Å²) in [6, 6.07) is 5.69. The van der Waals surface area contributed by atoms with E-state index in [1.54, 1.807) is 26.4 Å². The first kappa shape index (κ1) is 16.1. The van der Waals surface area contributed by atoms with Crippen LogP contribution in [-0.4, -0.2) is 42.9 Å². The summed E-state index contributed by atoms with van der Waals surface area (Å²) >= 11 is 3.54. The third-order valence-electron chi connectivity index (χ3n) is 3.95. The third-order valence-corrected chi connectivity index (χ3v) is 4.70. The molecule has 1 fully saturated rings. The number of benzene rings is 1. The molecule has 5 heteroatoms. The molecule has 1 aliphatic rings. The van der Waals surface area contributed by atoms with Crippen molar-refractivity contribution >= 4 is 21.8 Å². The fourth-order valence-corrected chi connectivity index (χ4v) is 3.49. The second-order valence-corrected chi connectivity index (χ2v) is 5.84. The molecule has 1 aromatic carbocycles. The number of hydrogen-bond donors (Lipinski definition) is 0. The molecule has 1 amide bonds. The Bertz CT molecular complexity index is 492. The van der Waals surface area contributed by atoms with E-state index >= 15 is 0 Å². The van der Waals surface area contributed by atoms with E-state index in [-0.39, 0.29) is 11.9 Å². The van der Waals surface area contributed by atoms with Crippen LogP contribution in [-0.2, 0) is 0 Å². The first-order valence-electron chi connectivity index (χ1n) is 7.30. The average Bonchev–Trinajstić information content (AvgIpc) is 2.78. The van der Waals surface area contributed by atoms with Crippen molar-refractivity contribution in [3.05, 3.63) is 23.8 Å². The topological polar surface area (TPSA) is 38.8 Å². The predicted octanol–water partition coefficient (Wildman–Crippen LogP) is 3.48. The van der Waals surface area contributed by atoms with E-state index in [4.69, 9.17) is 9.47 Å². The molecule has 1 aliphatic heterocycles. The Kier molecular flexibility index (Phi) is 5.91. The zero-order valence-corrected chi connectivity index (χ0v) is 14.2. The molecule has 1 saturated heterocycles. The Hall–Kier alpha value is -1.23. The van der Waals surface area contributed by atoms with Crippen LogP contribution in [0.2, 0.25) is 0 Å². The zero-order valence-electron chi connectivity index (χ0n) is 12.6. The molecular formula is C16H22BrNO3. The SMILES string of the molecule is COc1cccc(C(=O)N2CCCCCC2CBr)c1OC. The molecule has 0 spiro atoms. The minimum Gasteiger partial charge on any atom is -0.493 e. The lowest BCUT2D eigenvalue weighted by Crippen LogP contribution is -2.41. The van der Waals surface area contributed by atoms with Crippen LogP contribution in [0, 0.1) is 0 Å². The average molecular weight is 356 g/mol. The fraction of sp³-hybridized carbons (Fsp3) is 0.562. The highest BCUT2D eigenvalue weighted by molar-refractivity contribution is 9.09. The van der Waals surface area contributed by atoms with Gasteiger partial charge in [0, 0.05) is 17.9 Å². The molecule has 0 bridgehead atoms. The second-order valence-electron chi connectivity index (χ2n) is 5.20. The highest BCUT2D eigenvalue weighted by Gasteiger charge is 2.28. The standard InChI is InChI=1S/C16H22BrNO3/c1-20-14-9-6-8-13(15(14)21-2)16(19)18-10-5-3-4-7-12(18)11-17/h6,8-9,12H,3-5,7,10-11H2,1-2H3. The van der Waals surface area contributed by atoms with Crippen molar-refractivity contribution in [1.82, 2.24) is 4.90 Å². The highest BCUT2D eigenvalue weighted by atomic mass is 79.9. The van der Waals surface area contributed by atoms with Crippen LogP contribution in [0.25, 0.3) is 0 Å². The van der Waals surface area contributed by atoms with Crippen molar-refractivity contribution in [1.29, 1.82) is 0 Å². The number of rotatable bonds is 4. The van der Waals surface area contributed by atoms with Crippen molar-refractivity contribution in [2.24, 2.45) is 0 Å². The molecule has 21 heavy (non-hydrogen) atoms. The maximum Gasteiger partial charge on any atom is 0.258 e. The van der Waals surface area contributed by atoms with E-state index in [9.17, 15) is 4.79 Å². The summed E-state index contributed by atoms with van der Waals surface area (Å²) in [5, 5.41) is 0.811. The van der Waals surface area contributed by atoms with E-state index in [1.807, 2.05) is 11.0 Å². The number of carbonyl (C=O) groups is 1. The molecule has 116 valence electrons. The Morgan fingerprint density at radius 2 is 2.10 bits per heavy atom. The monoisotopic (exact) mass is 355 g/mol. The van der Waals surface area contributed by atoms with Gasteiger partial charge in [-0.3, -0.25) is 4.79 Å². The molecule has 1 atom stereocenters. The van der Waals surface area contributed by atoms with Crippen LogP contribution in [0.4, 0.5) is 0 Å². The van der Waals surface area contributed by atoms with E-state index in [0.717, 1.165) is 24.7 Å². The van der Waals surface area contributed by atoms with Gasteiger partial charge in [0.25, 0.3) is 5.91 Å². The van der Waals surface area contributed by atoms with Crippen molar-refractivity contribution in [3.8, 4) is 11.5 Å². The minimum absolute atomic E-state index is 0.0251.